The van der Waals surface area contributed by atoms with E-state index in [-0.39, 0.29) is 11.7 Å². The lowest BCUT2D eigenvalue weighted by Gasteiger charge is -2.18. The lowest BCUT2D eigenvalue weighted by Crippen LogP contribution is -2.27. The van der Waals surface area contributed by atoms with Crippen molar-refractivity contribution in [3.05, 3.63) is 89.2 Å². The molecule has 3 aromatic carbocycles. The van der Waals surface area contributed by atoms with Gasteiger partial charge in [0.2, 0.25) is 5.75 Å². The minimum atomic E-state index is -0.510. The van der Waals surface area contributed by atoms with Gasteiger partial charge in [-0.05, 0) is 30.7 Å². The Kier molecular flexibility index (Phi) is 6.91. The number of halogens is 1. The topological polar surface area (TPSA) is 56.8 Å². The first-order valence-electron chi connectivity index (χ1n) is 9.51. The number of ether oxygens (including phenoxy) is 3. The summed E-state index contributed by atoms with van der Waals surface area (Å²) in [5.74, 6) is 0.396. The van der Waals surface area contributed by atoms with Gasteiger partial charge in [-0.1, -0.05) is 48.5 Å². The first-order chi connectivity index (χ1) is 14.5. The van der Waals surface area contributed by atoms with Gasteiger partial charge in [-0.25, -0.2) is 4.39 Å². The summed E-state index contributed by atoms with van der Waals surface area (Å²) >= 11 is 0. The third kappa shape index (κ3) is 4.89. The predicted octanol–water partition coefficient (Wildman–Crippen LogP) is 4.91. The van der Waals surface area contributed by atoms with Crippen molar-refractivity contribution in [3.8, 4) is 17.2 Å². The van der Waals surface area contributed by atoms with Crippen LogP contribution in [-0.2, 0) is 6.61 Å². The average molecular weight is 409 g/mol. The summed E-state index contributed by atoms with van der Waals surface area (Å²) in [4.78, 5) is 12.8. The third-order valence-electron chi connectivity index (χ3n) is 4.67. The highest BCUT2D eigenvalue weighted by molar-refractivity contribution is 5.95. The second kappa shape index (κ2) is 9.78. The fourth-order valence-corrected chi connectivity index (χ4v) is 3.07. The second-order valence-electron chi connectivity index (χ2n) is 6.70. The minimum Gasteiger partial charge on any atom is -0.493 e. The number of carbonyl (C=O) groups is 1. The smallest absolute Gasteiger partial charge is 0.252 e. The Hall–Kier alpha value is -3.54. The Morgan fingerprint density at radius 3 is 2.17 bits per heavy atom. The lowest BCUT2D eigenvalue weighted by atomic mass is 10.1. The predicted molar refractivity (Wildman–Crippen MR) is 113 cm³/mol. The molecule has 30 heavy (non-hydrogen) atoms. The molecule has 0 aliphatic carbocycles. The molecule has 0 aliphatic heterocycles. The molecule has 3 aromatic rings. The molecule has 0 aromatic heterocycles. The van der Waals surface area contributed by atoms with Gasteiger partial charge in [-0.15, -0.1) is 0 Å². The summed E-state index contributed by atoms with van der Waals surface area (Å²) in [6, 6.07) is 18.7. The maximum Gasteiger partial charge on any atom is 0.252 e. The molecular weight excluding hydrogens is 385 g/mol. The standard InChI is InChI=1S/C24H24FNO4/c1-16(19-11-7-8-12-20(19)25)26-24(27)18-13-21(28-2)23(22(14-18)29-3)30-15-17-9-5-4-6-10-17/h4-14,16H,15H2,1-3H3,(H,26,27). The van der Waals surface area contributed by atoms with Gasteiger partial charge in [0.25, 0.3) is 5.91 Å². The number of hydrogen-bond acceptors (Lipinski definition) is 4. The minimum absolute atomic E-state index is 0.318. The van der Waals surface area contributed by atoms with Crippen molar-refractivity contribution >= 4 is 5.91 Å². The molecule has 1 amide bonds. The Morgan fingerprint density at radius 2 is 1.57 bits per heavy atom. The van der Waals surface area contributed by atoms with E-state index in [1.807, 2.05) is 30.3 Å². The summed E-state index contributed by atoms with van der Waals surface area (Å²) in [6.07, 6.45) is 0. The van der Waals surface area contributed by atoms with Crippen LogP contribution in [0.15, 0.2) is 66.7 Å². The van der Waals surface area contributed by atoms with Gasteiger partial charge in [0.1, 0.15) is 12.4 Å². The van der Waals surface area contributed by atoms with Crippen LogP contribution in [0.25, 0.3) is 0 Å². The van der Waals surface area contributed by atoms with E-state index in [1.54, 1.807) is 37.3 Å². The molecule has 3 rings (SSSR count). The first-order valence-corrected chi connectivity index (χ1v) is 9.51. The fraction of sp³-hybridized carbons (Fsp3) is 0.208. The van der Waals surface area contributed by atoms with E-state index < -0.39 is 6.04 Å². The highest BCUT2D eigenvalue weighted by atomic mass is 19.1. The molecule has 0 fully saturated rings. The normalized spacial score (nSPS) is 11.5. The molecule has 0 aliphatic rings. The van der Waals surface area contributed by atoms with Crippen molar-refractivity contribution in [2.45, 2.75) is 19.6 Å². The van der Waals surface area contributed by atoms with Crippen LogP contribution in [0.2, 0.25) is 0 Å². The SMILES string of the molecule is COc1cc(C(=O)NC(C)c2ccccc2F)cc(OC)c1OCc1ccccc1. The zero-order valence-corrected chi connectivity index (χ0v) is 17.1. The number of carbonyl (C=O) groups excluding carboxylic acids is 1. The van der Waals surface area contributed by atoms with Crippen molar-refractivity contribution in [3.63, 3.8) is 0 Å². The number of amides is 1. The van der Waals surface area contributed by atoms with Gasteiger partial charge in [-0.2, -0.15) is 0 Å². The molecule has 0 spiro atoms. The van der Waals surface area contributed by atoms with Crippen LogP contribution in [-0.4, -0.2) is 20.1 Å². The number of hydrogen-bond donors (Lipinski definition) is 1. The third-order valence-corrected chi connectivity index (χ3v) is 4.67. The van der Waals surface area contributed by atoms with Gasteiger partial charge in [-0.3, -0.25) is 4.79 Å². The van der Waals surface area contributed by atoms with Gasteiger partial charge in [0.05, 0.1) is 20.3 Å². The van der Waals surface area contributed by atoms with Gasteiger partial charge in [0, 0.05) is 11.1 Å². The zero-order chi connectivity index (χ0) is 21.5. The van der Waals surface area contributed by atoms with Crippen LogP contribution in [0.1, 0.15) is 34.5 Å². The monoisotopic (exact) mass is 409 g/mol. The Balaban J connectivity index is 1.81. The van der Waals surface area contributed by atoms with Crippen molar-refractivity contribution in [2.75, 3.05) is 14.2 Å². The molecule has 5 nitrogen and oxygen atoms in total. The maximum atomic E-state index is 14.0. The van der Waals surface area contributed by atoms with E-state index in [0.29, 0.717) is 35.0 Å². The van der Waals surface area contributed by atoms with E-state index in [9.17, 15) is 9.18 Å². The molecule has 0 radical (unpaired) electrons. The zero-order valence-electron chi connectivity index (χ0n) is 17.1. The molecule has 1 atom stereocenters. The number of benzene rings is 3. The molecule has 6 heteroatoms. The largest absolute Gasteiger partial charge is 0.493 e. The van der Waals surface area contributed by atoms with E-state index >= 15 is 0 Å². The highest BCUT2D eigenvalue weighted by Gasteiger charge is 2.20. The van der Waals surface area contributed by atoms with Gasteiger partial charge in [0.15, 0.2) is 11.5 Å². The quantitative estimate of drug-likeness (QED) is 0.574. The summed E-state index contributed by atoms with van der Waals surface area (Å²) in [6.45, 7) is 2.05. The summed E-state index contributed by atoms with van der Waals surface area (Å²) in [5.41, 5.74) is 1.72. The molecule has 1 N–H and O–H groups in total. The molecule has 0 heterocycles. The average Bonchev–Trinajstić information content (AvgIpc) is 2.77. The van der Waals surface area contributed by atoms with Crippen LogP contribution in [0.4, 0.5) is 4.39 Å². The number of methoxy groups -OCH3 is 2. The lowest BCUT2D eigenvalue weighted by molar-refractivity contribution is 0.0938. The van der Waals surface area contributed by atoms with Crippen LogP contribution >= 0.6 is 0 Å². The molecule has 156 valence electrons. The fourth-order valence-electron chi connectivity index (χ4n) is 3.07. The van der Waals surface area contributed by atoms with E-state index in [4.69, 9.17) is 14.2 Å². The molecule has 0 bridgehead atoms. The van der Waals surface area contributed by atoms with E-state index in [1.165, 1.54) is 20.3 Å². The number of rotatable bonds is 8. The summed E-state index contributed by atoms with van der Waals surface area (Å²) in [7, 11) is 2.99. The van der Waals surface area contributed by atoms with Gasteiger partial charge < -0.3 is 19.5 Å². The first kappa shape index (κ1) is 21.2. The molecule has 0 saturated heterocycles. The van der Waals surface area contributed by atoms with Crippen LogP contribution in [0, 0.1) is 5.82 Å². The summed E-state index contributed by atoms with van der Waals surface area (Å²) < 4.78 is 30.8. The van der Waals surface area contributed by atoms with Crippen molar-refractivity contribution in [1.82, 2.24) is 5.32 Å². The van der Waals surface area contributed by atoms with E-state index in [0.717, 1.165) is 5.56 Å². The van der Waals surface area contributed by atoms with Gasteiger partial charge >= 0.3 is 0 Å². The maximum absolute atomic E-state index is 14.0. The highest BCUT2D eigenvalue weighted by Crippen LogP contribution is 2.39. The van der Waals surface area contributed by atoms with Crippen LogP contribution < -0.4 is 19.5 Å². The van der Waals surface area contributed by atoms with Crippen LogP contribution in [0.3, 0.4) is 0 Å². The van der Waals surface area contributed by atoms with Crippen LogP contribution in [0.5, 0.6) is 17.2 Å². The summed E-state index contributed by atoms with van der Waals surface area (Å²) in [5, 5.41) is 2.80. The van der Waals surface area contributed by atoms with Crippen molar-refractivity contribution in [2.24, 2.45) is 0 Å². The Bertz CT molecular complexity index is 982. The molecular formula is C24H24FNO4. The number of nitrogens with one attached hydrogen (secondary N) is 1. The van der Waals surface area contributed by atoms with E-state index in [2.05, 4.69) is 5.32 Å². The Morgan fingerprint density at radius 1 is 0.967 bits per heavy atom. The molecule has 1 unspecified atom stereocenters. The Labute approximate surface area is 175 Å². The van der Waals surface area contributed by atoms with Crippen molar-refractivity contribution in [1.29, 1.82) is 0 Å². The van der Waals surface area contributed by atoms with Crippen molar-refractivity contribution < 1.29 is 23.4 Å². The second-order valence-corrected chi connectivity index (χ2v) is 6.70. The molecule has 0 saturated carbocycles.